The number of likely N-dealkylation sites (N-methyl/N-ethyl adjacent to an activating group) is 2. The zero-order chi connectivity index (χ0) is 74.5. The lowest BCUT2D eigenvalue weighted by Crippen LogP contribution is -2.48. The van der Waals surface area contributed by atoms with E-state index in [0.29, 0.717) is 95.8 Å². The second-order valence-corrected chi connectivity index (χ2v) is 34.2. The van der Waals surface area contributed by atoms with Gasteiger partial charge in [0.25, 0.3) is 0 Å². The number of alkyl carbamates (subject to hydrolysis) is 2. The van der Waals surface area contributed by atoms with Crippen LogP contribution in [-0.2, 0) is 68.8 Å². The Morgan fingerprint density at radius 3 is 1.32 bits per heavy atom. The molecule has 4 N–H and O–H groups in total. The number of hydrogen-bond donors (Lipinski definition) is 4. The van der Waals surface area contributed by atoms with Crippen LogP contribution in [0, 0.1) is 63.6 Å². The topological polar surface area (TPSA) is 232 Å². The van der Waals surface area contributed by atoms with Crippen LogP contribution < -0.4 is 35.5 Å². The van der Waals surface area contributed by atoms with Crippen LogP contribution in [0.4, 0.5) is 9.59 Å². The number of nitrogens with one attached hydrogen (secondary N) is 4. The predicted molar refractivity (Wildman–Crippen MR) is 401 cm³/mol. The van der Waals surface area contributed by atoms with E-state index in [1.807, 2.05) is 87.6 Å². The van der Waals surface area contributed by atoms with Crippen molar-refractivity contribution in [2.24, 2.45) is 63.6 Å². The maximum Gasteiger partial charge on any atom is 0.408 e. The van der Waals surface area contributed by atoms with E-state index in [4.69, 9.17) is 33.2 Å². The quantitative estimate of drug-likeness (QED) is 0.0234. The van der Waals surface area contributed by atoms with Crippen molar-refractivity contribution in [3.05, 3.63) is 124 Å². The molecule has 570 valence electrons. The highest BCUT2D eigenvalue weighted by atomic mass is 16.6. The van der Waals surface area contributed by atoms with Crippen LogP contribution in [-0.4, -0.2) is 99.1 Å². The summed E-state index contributed by atoms with van der Waals surface area (Å²) in [5.74, 6) is 5.42. The van der Waals surface area contributed by atoms with Crippen molar-refractivity contribution in [1.29, 1.82) is 0 Å². The molecule has 0 saturated heterocycles. The summed E-state index contributed by atoms with van der Waals surface area (Å²) in [6.07, 6.45) is 20.3. The molecule has 18 atom stereocenters. The summed E-state index contributed by atoms with van der Waals surface area (Å²) in [7, 11) is 3.61. The number of ether oxygens (including phenoxy) is 7. The fourth-order valence-corrected chi connectivity index (χ4v) is 21.9. The van der Waals surface area contributed by atoms with Gasteiger partial charge in [0.2, 0.25) is 0 Å². The minimum Gasteiger partial charge on any atom is -0.461 e. The second-order valence-electron chi connectivity index (χ2n) is 34.2. The normalized spacial score (nSPS) is 30.1. The Labute approximate surface area is 623 Å². The number of aryl methyl sites for hydroxylation is 3. The SMILES string of the molecule is CNC(CCCCNC(=O)O[C@H]1CCC2C3CCc4cc(OC(C)=O)ccc4C3CC[C@@]21C)C(=O)OCc1ccccc1.CN[C@H](CC(C)C)C(=O)O[C@H]1CCC2C3CCc4cc(OC(=O)[C@H](CC(C)C)NC(=O)O[C@H]5CCC6C7CCc8cc(OC(C)=O)ccc8C7CC[C@@]65C)ccc4C3CC[C@@]21C. The Hall–Kier alpha value is -7.31. The maximum atomic E-state index is 13.9. The van der Waals surface area contributed by atoms with Crippen molar-refractivity contribution in [2.45, 2.75) is 271 Å². The molecule has 10 unspecified atom stereocenters. The molecule has 0 aliphatic heterocycles. The number of hydrogen-bond acceptors (Lipinski definition) is 16. The van der Waals surface area contributed by atoms with Gasteiger partial charge in [-0.15, -0.1) is 0 Å². The summed E-state index contributed by atoms with van der Waals surface area (Å²) < 4.78 is 40.9. The molecule has 18 nitrogen and oxygen atoms in total. The Morgan fingerprint density at radius 1 is 0.457 bits per heavy atom. The molecular weight excluding hydrogens is 1320 g/mol. The van der Waals surface area contributed by atoms with E-state index in [0.717, 1.165) is 140 Å². The summed E-state index contributed by atoms with van der Waals surface area (Å²) in [4.78, 5) is 89.0. The third-order valence-electron chi connectivity index (χ3n) is 27.0. The molecule has 105 heavy (non-hydrogen) atoms. The van der Waals surface area contributed by atoms with Gasteiger partial charge < -0.3 is 54.4 Å². The maximum absolute atomic E-state index is 13.9. The molecule has 9 aliphatic carbocycles. The number of carbonyl (C=O) groups excluding carboxylic acids is 7. The zero-order valence-electron chi connectivity index (χ0n) is 64.3. The third-order valence-corrected chi connectivity index (χ3v) is 27.0. The van der Waals surface area contributed by atoms with Crippen molar-refractivity contribution in [3.8, 4) is 17.2 Å². The van der Waals surface area contributed by atoms with Gasteiger partial charge in [-0.25, -0.2) is 14.4 Å². The standard InChI is InChI=1S/C52H72N2O8.C35H46N2O6/c1-29(2)25-44(53-8)48(56)61-46-19-17-42-40-14-10-33-28-35(12-16-37(33)38(40)21-23-51(42,46)6)60-49(57)45(26-30(3)4)54-50(58)62-47-20-18-43-41-13-9-32-27-34(59-31(5)55)11-15-36(32)39(41)22-24-52(43,47)7;1-23(38)42-26-13-15-27-25(21-26)12-14-29-28(27)18-19-35(2)30(29)16-17-32(35)43-34(40)37-20-8-7-11-31(36-3)33(39)41-22-24-9-5-4-6-10-24/h11-12,15-16,27-30,38-47,53H,9-10,13-14,17-26H2,1-8H3,(H,54,58);4-6,9-10,13,15,21,28-32,36H,7-8,11-12,14,16-20,22H2,1-3H3,(H,37,40)/t38?,39?,40?,41?,42?,43?,44-,45+,46+,47+,51+,52+;28?,29?,30?,31?,32-,35-/m10/s1. The number of carbonyl (C=O) groups is 7. The first-order valence-electron chi connectivity index (χ1n) is 40.0. The van der Waals surface area contributed by atoms with Gasteiger partial charge >= 0.3 is 42.0 Å². The van der Waals surface area contributed by atoms with Gasteiger partial charge in [0, 0.05) is 36.6 Å². The average Bonchev–Trinajstić information content (AvgIpc) is 1.65. The predicted octanol–water partition coefficient (Wildman–Crippen LogP) is 16.0. The van der Waals surface area contributed by atoms with Crippen molar-refractivity contribution in [3.63, 3.8) is 0 Å². The van der Waals surface area contributed by atoms with Gasteiger partial charge in [-0.05, 0) is 302 Å². The number of unbranched alkanes of at least 4 members (excludes halogenated alkanes) is 1. The second kappa shape index (κ2) is 33.4. The van der Waals surface area contributed by atoms with Crippen molar-refractivity contribution < 1.29 is 66.7 Å². The number of rotatable bonds is 23. The van der Waals surface area contributed by atoms with Gasteiger partial charge in [0.1, 0.15) is 60.3 Å². The molecule has 13 rings (SSSR count). The summed E-state index contributed by atoms with van der Waals surface area (Å²) in [5, 5.41) is 12.1. The van der Waals surface area contributed by atoms with Crippen LogP contribution in [0.5, 0.6) is 17.2 Å². The molecule has 0 aromatic heterocycles. The van der Waals surface area contributed by atoms with Crippen LogP contribution in [0.1, 0.15) is 247 Å². The Balaban J connectivity index is 0.000000211. The fourth-order valence-electron chi connectivity index (χ4n) is 21.9. The van der Waals surface area contributed by atoms with E-state index < -0.39 is 18.1 Å². The van der Waals surface area contributed by atoms with Gasteiger partial charge in [-0.1, -0.05) is 97.0 Å². The molecule has 4 aromatic carbocycles. The Bertz CT molecular complexity index is 3760. The first-order chi connectivity index (χ1) is 50.3. The highest BCUT2D eigenvalue weighted by molar-refractivity contribution is 5.83. The highest BCUT2D eigenvalue weighted by Crippen LogP contribution is 2.65. The first kappa shape index (κ1) is 77.3. The molecule has 0 heterocycles. The van der Waals surface area contributed by atoms with E-state index in [-0.39, 0.29) is 89.1 Å². The lowest BCUT2D eigenvalue weighted by atomic mass is 9.55. The molecule has 0 spiro atoms. The molecule has 2 amide bonds. The number of fused-ring (bicyclic) bond motifs is 15. The number of benzene rings is 4. The van der Waals surface area contributed by atoms with Crippen LogP contribution >= 0.6 is 0 Å². The average molecular weight is 1440 g/mol. The summed E-state index contributed by atoms with van der Waals surface area (Å²) in [5.41, 5.74) is 8.78. The van der Waals surface area contributed by atoms with Crippen molar-refractivity contribution in [2.75, 3.05) is 20.6 Å². The minimum atomic E-state index is -0.829. The van der Waals surface area contributed by atoms with E-state index in [1.165, 1.54) is 47.2 Å². The molecule has 9 aliphatic rings. The van der Waals surface area contributed by atoms with Crippen LogP contribution in [0.25, 0.3) is 0 Å². The molecule has 18 heteroatoms. The lowest BCUT2D eigenvalue weighted by molar-refractivity contribution is -0.160. The van der Waals surface area contributed by atoms with Crippen LogP contribution in [0.3, 0.4) is 0 Å². The van der Waals surface area contributed by atoms with E-state index in [2.05, 4.69) is 74.1 Å². The molecule has 6 fully saturated rings. The van der Waals surface area contributed by atoms with Crippen LogP contribution in [0.2, 0.25) is 0 Å². The minimum absolute atomic E-state index is 0.00613. The van der Waals surface area contributed by atoms with Gasteiger partial charge in [-0.3, -0.25) is 19.2 Å². The lowest BCUT2D eigenvalue weighted by Gasteiger charge is -2.50. The summed E-state index contributed by atoms with van der Waals surface area (Å²) in [6, 6.07) is 26.6. The van der Waals surface area contributed by atoms with E-state index in [1.54, 1.807) is 7.05 Å². The highest BCUT2D eigenvalue weighted by Gasteiger charge is 2.59. The van der Waals surface area contributed by atoms with Crippen molar-refractivity contribution >= 4 is 42.0 Å². The molecule has 0 bridgehead atoms. The first-order valence-corrected chi connectivity index (χ1v) is 40.0. The molecule has 6 saturated carbocycles. The summed E-state index contributed by atoms with van der Waals surface area (Å²) in [6.45, 7) is 19.0. The zero-order valence-corrected chi connectivity index (χ0v) is 64.3. The van der Waals surface area contributed by atoms with Crippen molar-refractivity contribution in [1.82, 2.24) is 21.3 Å². The summed E-state index contributed by atoms with van der Waals surface area (Å²) >= 11 is 0. The third kappa shape index (κ3) is 17.2. The smallest absolute Gasteiger partial charge is 0.408 e. The largest absolute Gasteiger partial charge is 0.461 e. The number of amides is 2. The van der Waals surface area contributed by atoms with E-state index >= 15 is 0 Å². The van der Waals surface area contributed by atoms with Crippen LogP contribution in [0.15, 0.2) is 84.9 Å². The molecule has 0 radical (unpaired) electrons. The Kier molecular flexibility index (Phi) is 24.6. The van der Waals surface area contributed by atoms with Gasteiger partial charge in [-0.2, -0.15) is 0 Å². The molecule has 4 aromatic rings. The van der Waals surface area contributed by atoms with Gasteiger partial charge in [0.15, 0.2) is 0 Å². The monoisotopic (exact) mass is 1440 g/mol. The number of esters is 5. The van der Waals surface area contributed by atoms with Gasteiger partial charge in [0.05, 0.1) is 0 Å². The molecular formula is C87H118N4O14. The Morgan fingerprint density at radius 2 is 0.886 bits per heavy atom. The van der Waals surface area contributed by atoms with E-state index in [9.17, 15) is 33.6 Å². The fraction of sp³-hybridized carbons (Fsp3) is 0.644.